The minimum atomic E-state index is -0.924. The minimum absolute atomic E-state index is 0.187. The predicted molar refractivity (Wildman–Crippen MR) is 50.5 cm³/mol. The van der Waals surface area contributed by atoms with Gasteiger partial charge in [0.2, 0.25) is 0 Å². The zero-order valence-electron chi connectivity index (χ0n) is 8.95. The molecule has 0 aliphatic heterocycles. The fraction of sp³-hybridized carbons (Fsp3) is 0.900. The van der Waals surface area contributed by atoms with Gasteiger partial charge in [-0.05, 0) is 39.5 Å². The lowest BCUT2D eigenvalue weighted by atomic mass is 10.0. The Hall–Kier alpha value is -0.610. The number of rotatable bonds is 5. The quantitative estimate of drug-likeness (QED) is 0.535. The van der Waals surface area contributed by atoms with Gasteiger partial charge in [0.25, 0.3) is 0 Å². The standard InChI is InChI=1S/C10H18O4/c1-7(11)13-6-9(12)14-10(2,3)8-4-5-8/h7-8,11H,4-6H2,1-3H3. The van der Waals surface area contributed by atoms with E-state index < -0.39 is 12.3 Å². The highest BCUT2D eigenvalue weighted by Gasteiger charge is 2.40. The van der Waals surface area contributed by atoms with Gasteiger partial charge in [0.15, 0.2) is 6.29 Å². The Balaban J connectivity index is 2.25. The minimum Gasteiger partial charge on any atom is -0.458 e. The highest BCUT2D eigenvalue weighted by atomic mass is 16.6. The van der Waals surface area contributed by atoms with Crippen LogP contribution in [0.4, 0.5) is 0 Å². The van der Waals surface area contributed by atoms with Crippen molar-refractivity contribution in [3.8, 4) is 0 Å². The van der Waals surface area contributed by atoms with Crippen LogP contribution in [0, 0.1) is 5.92 Å². The number of esters is 1. The second-order valence-electron chi connectivity index (χ2n) is 4.26. The molecule has 0 saturated heterocycles. The summed E-state index contributed by atoms with van der Waals surface area (Å²) in [6.07, 6.45) is 1.32. The second-order valence-corrected chi connectivity index (χ2v) is 4.26. The molecule has 0 amide bonds. The first-order valence-electron chi connectivity index (χ1n) is 4.93. The van der Waals surface area contributed by atoms with Crippen LogP contribution in [0.25, 0.3) is 0 Å². The van der Waals surface area contributed by atoms with Crippen molar-refractivity contribution in [2.45, 2.75) is 45.5 Å². The molecule has 1 N–H and O–H groups in total. The molecule has 0 radical (unpaired) electrons. The molecule has 0 aromatic heterocycles. The lowest BCUT2D eigenvalue weighted by Crippen LogP contribution is -2.32. The van der Waals surface area contributed by atoms with Gasteiger partial charge in [0.05, 0.1) is 0 Å². The third-order valence-electron chi connectivity index (χ3n) is 2.38. The molecule has 0 aromatic carbocycles. The molecule has 82 valence electrons. The third kappa shape index (κ3) is 3.64. The molecule has 1 rings (SSSR count). The Morgan fingerprint density at radius 3 is 2.57 bits per heavy atom. The van der Waals surface area contributed by atoms with Gasteiger partial charge in [-0.25, -0.2) is 4.79 Å². The van der Waals surface area contributed by atoms with Gasteiger partial charge in [-0.2, -0.15) is 0 Å². The van der Waals surface area contributed by atoms with Crippen LogP contribution < -0.4 is 0 Å². The third-order valence-corrected chi connectivity index (χ3v) is 2.38. The summed E-state index contributed by atoms with van der Waals surface area (Å²) < 4.78 is 9.97. The Bertz CT molecular complexity index is 206. The van der Waals surface area contributed by atoms with Crippen molar-refractivity contribution in [3.63, 3.8) is 0 Å². The topological polar surface area (TPSA) is 55.8 Å². The van der Waals surface area contributed by atoms with Crippen LogP contribution in [0.3, 0.4) is 0 Å². The number of carbonyl (C=O) groups excluding carboxylic acids is 1. The van der Waals surface area contributed by atoms with Crippen molar-refractivity contribution < 1.29 is 19.4 Å². The molecule has 1 fully saturated rings. The van der Waals surface area contributed by atoms with Gasteiger partial charge in [0.1, 0.15) is 12.2 Å². The largest absolute Gasteiger partial charge is 0.458 e. The monoisotopic (exact) mass is 202 g/mol. The summed E-state index contributed by atoms with van der Waals surface area (Å²) in [6, 6.07) is 0. The molecular weight excluding hydrogens is 184 g/mol. The van der Waals surface area contributed by atoms with Crippen LogP contribution >= 0.6 is 0 Å². The van der Waals surface area contributed by atoms with E-state index >= 15 is 0 Å². The van der Waals surface area contributed by atoms with E-state index in [0.717, 1.165) is 12.8 Å². The molecule has 0 heterocycles. The average Bonchev–Trinajstić information content (AvgIpc) is 2.81. The van der Waals surface area contributed by atoms with Gasteiger partial charge >= 0.3 is 5.97 Å². The number of aliphatic hydroxyl groups is 1. The van der Waals surface area contributed by atoms with Crippen molar-refractivity contribution in [1.82, 2.24) is 0 Å². The molecule has 1 saturated carbocycles. The Morgan fingerprint density at radius 2 is 2.14 bits per heavy atom. The predicted octanol–water partition coefficient (Wildman–Crippen LogP) is 1.07. The first kappa shape index (κ1) is 11.5. The normalized spacial score (nSPS) is 19.1. The van der Waals surface area contributed by atoms with Crippen LogP contribution in [0.5, 0.6) is 0 Å². The molecular formula is C10H18O4. The molecule has 1 aliphatic rings. The molecule has 1 aliphatic carbocycles. The molecule has 1 atom stereocenters. The Labute approximate surface area is 84.2 Å². The summed E-state index contributed by atoms with van der Waals surface area (Å²) in [6.45, 7) is 5.09. The summed E-state index contributed by atoms with van der Waals surface area (Å²) in [5, 5.41) is 8.79. The van der Waals surface area contributed by atoms with Gasteiger partial charge in [-0.3, -0.25) is 0 Å². The van der Waals surface area contributed by atoms with E-state index in [2.05, 4.69) is 0 Å². The van der Waals surface area contributed by atoms with E-state index in [-0.39, 0.29) is 12.2 Å². The molecule has 0 spiro atoms. The lowest BCUT2D eigenvalue weighted by molar-refractivity contribution is -0.173. The average molecular weight is 202 g/mol. The van der Waals surface area contributed by atoms with Crippen LogP contribution in [0.2, 0.25) is 0 Å². The number of hydrogen-bond acceptors (Lipinski definition) is 4. The fourth-order valence-corrected chi connectivity index (χ4v) is 1.37. The molecule has 0 bridgehead atoms. The van der Waals surface area contributed by atoms with Crippen molar-refractivity contribution in [3.05, 3.63) is 0 Å². The van der Waals surface area contributed by atoms with Gasteiger partial charge < -0.3 is 14.6 Å². The maximum atomic E-state index is 11.2. The second kappa shape index (κ2) is 4.28. The summed E-state index contributed by atoms with van der Waals surface area (Å²) in [4.78, 5) is 11.2. The smallest absolute Gasteiger partial charge is 0.332 e. The zero-order valence-corrected chi connectivity index (χ0v) is 8.95. The summed E-state index contributed by atoms with van der Waals surface area (Å²) in [5.74, 6) is 0.0702. The highest BCUT2D eigenvalue weighted by Crippen LogP contribution is 2.41. The van der Waals surface area contributed by atoms with Gasteiger partial charge in [-0.1, -0.05) is 0 Å². The Morgan fingerprint density at radius 1 is 1.57 bits per heavy atom. The van der Waals surface area contributed by atoms with Crippen molar-refractivity contribution in [2.24, 2.45) is 5.92 Å². The van der Waals surface area contributed by atoms with Crippen molar-refractivity contribution in [2.75, 3.05) is 6.61 Å². The molecule has 0 aromatic rings. The number of carbonyl (C=O) groups is 1. The SMILES string of the molecule is CC(O)OCC(=O)OC(C)(C)C1CC1. The molecule has 4 nitrogen and oxygen atoms in total. The summed E-state index contributed by atoms with van der Waals surface area (Å²) in [7, 11) is 0. The van der Waals surface area contributed by atoms with E-state index in [0.29, 0.717) is 5.92 Å². The summed E-state index contributed by atoms with van der Waals surface area (Å²) >= 11 is 0. The van der Waals surface area contributed by atoms with E-state index in [1.807, 2.05) is 13.8 Å². The van der Waals surface area contributed by atoms with Crippen LogP contribution in [-0.4, -0.2) is 29.6 Å². The fourth-order valence-electron chi connectivity index (χ4n) is 1.37. The van der Waals surface area contributed by atoms with E-state index in [1.54, 1.807) is 0 Å². The van der Waals surface area contributed by atoms with E-state index in [1.165, 1.54) is 6.92 Å². The Kier molecular flexibility index (Phi) is 3.50. The molecule has 4 heteroatoms. The molecule has 14 heavy (non-hydrogen) atoms. The number of hydrogen-bond donors (Lipinski definition) is 1. The zero-order chi connectivity index (χ0) is 10.8. The number of ether oxygens (including phenoxy) is 2. The molecule has 1 unspecified atom stereocenters. The van der Waals surface area contributed by atoms with Crippen LogP contribution in [-0.2, 0) is 14.3 Å². The highest BCUT2D eigenvalue weighted by molar-refractivity contribution is 5.71. The van der Waals surface area contributed by atoms with Crippen LogP contribution in [0.15, 0.2) is 0 Å². The number of aliphatic hydroxyl groups excluding tert-OH is 1. The lowest BCUT2D eigenvalue weighted by Gasteiger charge is -2.24. The summed E-state index contributed by atoms with van der Waals surface area (Å²) in [5.41, 5.74) is -0.390. The van der Waals surface area contributed by atoms with Crippen LogP contribution in [0.1, 0.15) is 33.6 Å². The first-order chi connectivity index (χ1) is 6.42. The van der Waals surface area contributed by atoms with Gasteiger partial charge in [0, 0.05) is 0 Å². The van der Waals surface area contributed by atoms with E-state index in [4.69, 9.17) is 14.6 Å². The maximum absolute atomic E-state index is 11.2. The maximum Gasteiger partial charge on any atom is 0.332 e. The van der Waals surface area contributed by atoms with Crippen molar-refractivity contribution in [1.29, 1.82) is 0 Å². The van der Waals surface area contributed by atoms with Crippen molar-refractivity contribution >= 4 is 5.97 Å². The van der Waals surface area contributed by atoms with E-state index in [9.17, 15) is 4.79 Å². The van der Waals surface area contributed by atoms with Gasteiger partial charge in [-0.15, -0.1) is 0 Å². The first-order valence-corrected chi connectivity index (χ1v) is 4.93.